The van der Waals surface area contributed by atoms with Gasteiger partial charge in [-0.3, -0.25) is 0 Å². The summed E-state index contributed by atoms with van der Waals surface area (Å²) in [6, 6.07) is 4.76. The lowest BCUT2D eigenvalue weighted by molar-refractivity contribution is 0.479. The standard InChI is InChI=1S/C19H24N4S/c1-3-4-14-9-15(19-22-13(2)12-24-19)10-18(17(14)11-20)23-16-5-7-21-8-6-16/h3-4,9-12,16,21,23H,1,5-8,20H2,2H3/b14-4-,17-11+. The van der Waals surface area contributed by atoms with Crippen molar-refractivity contribution in [1.82, 2.24) is 10.3 Å². The highest BCUT2D eigenvalue weighted by atomic mass is 32.1. The maximum absolute atomic E-state index is 5.94. The van der Waals surface area contributed by atoms with Gasteiger partial charge in [-0.1, -0.05) is 18.7 Å². The molecule has 0 saturated carbocycles. The number of nitrogens with two attached hydrogens (primary N) is 1. The molecule has 0 amide bonds. The minimum atomic E-state index is 0.467. The van der Waals surface area contributed by atoms with E-state index in [2.05, 4.69) is 39.7 Å². The van der Waals surface area contributed by atoms with Gasteiger partial charge in [-0.2, -0.15) is 0 Å². The lowest BCUT2D eigenvalue weighted by Gasteiger charge is -2.25. The Morgan fingerprint density at radius 2 is 2.17 bits per heavy atom. The largest absolute Gasteiger partial charge is 0.404 e. The second-order valence-electron chi connectivity index (χ2n) is 6.06. The smallest absolute Gasteiger partial charge is 0.123 e. The van der Waals surface area contributed by atoms with E-state index in [1.54, 1.807) is 23.6 Å². The molecular formula is C19H24N4S. The Bertz CT molecular complexity index is 832. The van der Waals surface area contributed by atoms with Gasteiger partial charge in [0.25, 0.3) is 0 Å². The summed E-state index contributed by atoms with van der Waals surface area (Å²) in [5.41, 5.74) is 9.17. The average Bonchev–Trinajstić information content (AvgIpc) is 3.02. The Morgan fingerprint density at radius 3 is 2.79 bits per heavy atom. The lowest BCUT2D eigenvalue weighted by Crippen LogP contribution is -2.38. The Kier molecular flexibility index (Phi) is 5.33. The molecule has 1 aliphatic heterocycles. The Hall–Kier alpha value is -2.11. The van der Waals surface area contributed by atoms with E-state index in [0.717, 1.165) is 58.3 Å². The van der Waals surface area contributed by atoms with Gasteiger partial charge >= 0.3 is 0 Å². The summed E-state index contributed by atoms with van der Waals surface area (Å²) in [5, 5.41) is 12.3. The molecule has 4 N–H and O–H groups in total. The molecule has 0 radical (unpaired) electrons. The number of aromatic nitrogens is 1. The van der Waals surface area contributed by atoms with Crippen molar-refractivity contribution < 1.29 is 0 Å². The van der Waals surface area contributed by atoms with Crippen LogP contribution in [-0.4, -0.2) is 24.1 Å². The van der Waals surface area contributed by atoms with Crippen LogP contribution in [0.5, 0.6) is 0 Å². The number of thiazole rings is 1. The van der Waals surface area contributed by atoms with E-state index in [4.69, 9.17) is 5.73 Å². The normalized spacial score (nSPS) is 17.2. The summed E-state index contributed by atoms with van der Waals surface area (Å²) in [6.45, 7) is 7.96. The molecule has 1 aromatic heterocycles. The fourth-order valence-corrected chi connectivity index (χ4v) is 3.83. The van der Waals surface area contributed by atoms with Crippen LogP contribution < -0.4 is 26.8 Å². The monoisotopic (exact) mass is 340 g/mol. The van der Waals surface area contributed by atoms with Crippen LogP contribution in [0.2, 0.25) is 0 Å². The van der Waals surface area contributed by atoms with Crippen LogP contribution in [0.3, 0.4) is 0 Å². The first-order valence-electron chi connectivity index (χ1n) is 8.29. The zero-order valence-corrected chi connectivity index (χ0v) is 14.8. The van der Waals surface area contributed by atoms with Crippen molar-refractivity contribution in [2.24, 2.45) is 5.73 Å². The fourth-order valence-electron chi connectivity index (χ4n) is 3.04. The minimum Gasteiger partial charge on any atom is -0.404 e. The molecule has 0 atom stereocenters. The number of hydrogen-bond acceptors (Lipinski definition) is 5. The zero-order valence-electron chi connectivity index (χ0n) is 14.0. The first-order chi connectivity index (χ1) is 11.7. The minimum absolute atomic E-state index is 0.467. The molecule has 1 saturated heterocycles. The molecule has 0 spiro atoms. The Labute approximate surface area is 146 Å². The molecule has 2 heterocycles. The second kappa shape index (κ2) is 7.64. The number of allylic oxidation sites excluding steroid dienone is 1. The van der Waals surface area contributed by atoms with Gasteiger partial charge in [0.05, 0.1) is 0 Å². The molecular weight excluding hydrogens is 316 g/mol. The van der Waals surface area contributed by atoms with Crippen molar-refractivity contribution in [2.75, 3.05) is 18.4 Å². The van der Waals surface area contributed by atoms with E-state index in [1.807, 2.05) is 13.0 Å². The van der Waals surface area contributed by atoms with E-state index in [1.165, 1.54) is 0 Å². The number of benzene rings is 1. The summed E-state index contributed by atoms with van der Waals surface area (Å²) in [4.78, 5) is 4.63. The van der Waals surface area contributed by atoms with Crippen molar-refractivity contribution in [1.29, 1.82) is 0 Å². The van der Waals surface area contributed by atoms with E-state index in [-0.39, 0.29) is 0 Å². The molecule has 24 heavy (non-hydrogen) atoms. The van der Waals surface area contributed by atoms with Crippen LogP contribution >= 0.6 is 11.3 Å². The van der Waals surface area contributed by atoms with Crippen LogP contribution in [0.25, 0.3) is 22.8 Å². The van der Waals surface area contributed by atoms with Gasteiger partial charge in [-0.25, -0.2) is 4.98 Å². The molecule has 1 fully saturated rings. The average molecular weight is 340 g/mol. The molecule has 3 rings (SSSR count). The van der Waals surface area contributed by atoms with Crippen LogP contribution in [-0.2, 0) is 0 Å². The third kappa shape index (κ3) is 3.68. The lowest BCUT2D eigenvalue weighted by atomic mass is 10.0. The van der Waals surface area contributed by atoms with Gasteiger partial charge in [0, 0.05) is 39.8 Å². The molecule has 0 bridgehead atoms. The predicted molar refractivity (Wildman–Crippen MR) is 104 cm³/mol. The summed E-state index contributed by atoms with van der Waals surface area (Å²) in [6.07, 6.45) is 7.70. The summed E-state index contributed by atoms with van der Waals surface area (Å²) < 4.78 is 0. The van der Waals surface area contributed by atoms with Gasteiger partial charge in [-0.15, -0.1) is 11.3 Å². The van der Waals surface area contributed by atoms with E-state index in [9.17, 15) is 0 Å². The third-order valence-electron chi connectivity index (χ3n) is 4.24. The van der Waals surface area contributed by atoms with Crippen LogP contribution in [0.1, 0.15) is 18.5 Å². The summed E-state index contributed by atoms with van der Waals surface area (Å²) in [5.74, 6) is 0. The zero-order chi connectivity index (χ0) is 16.9. The van der Waals surface area contributed by atoms with E-state index in [0.29, 0.717) is 6.04 Å². The van der Waals surface area contributed by atoms with Crippen molar-refractivity contribution in [3.8, 4) is 10.6 Å². The van der Waals surface area contributed by atoms with Crippen molar-refractivity contribution in [3.63, 3.8) is 0 Å². The Morgan fingerprint density at radius 1 is 1.38 bits per heavy atom. The van der Waals surface area contributed by atoms with Gasteiger partial charge in [0.2, 0.25) is 0 Å². The number of hydrogen-bond donors (Lipinski definition) is 3. The van der Waals surface area contributed by atoms with E-state index >= 15 is 0 Å². The van der Waals surface area contributed by atoms with Crippen LogP contribution in [0.15, 0.2) is 30.2 Å². The first-order valence-corrected chi connectivity index (χ1v) is 9.17. The predicted octanol–water partition coefficient (Wildman–Crippen LogP) is 1.95. The molecule has 0 aliphatic carbocycles. The highest BCUT2D eigenvalue weighted by Crippen LogP contribution is 2.24. The number of aryl methyl sites for hydroxylation is 1. The maximum Gasteiger partial charge on any atom is 0.123 e. The van der Waals surface area contributed by atoms with Gasteiger partial charge in [0.1, 0.15) is 5.01 Å². The third-order valence-corrected chi connectivity index (χ3v) is 5.25. The number of nitrogens with zero attached hydrogens (tertiary/aromatic N) is 1. The quantitative estimate of drug-likeness (QED) is 0.796. The van der Waals surface area contributed by atoms with Gasteiger partial charge in [-0.05, 0) is 50.2 Å². The van der Waals surface area contributed by atoms with Gasteiger partial charge < -0.3 is 16.4 Å². The highest BCUT2D eigenvalue weighted by Gasteiger charge is 2.14. The molecule has 1 aromatic carbocycles. The summed E-state index contributed by atoms with van der Waals surface area (Å²) in [7, 11) is 0. The Balaban J connectivity index is 2.09. The number of anilines is 1. The number of nitrogens with one attached hydrogen (secondary N) is 2. The van der Waals surface area contributed by atoms with Crippen molar-refractivity contribution in [3.05, 3.63) is 46.3 Å². The second-order valence-corrected chi connectivity index (χ2v) is 6.92. The highest BCUT2D eigenvalue weighted by molar-refractivity contribution is 7.13. The SMILES string of the molecule is C=C/C=c1/cc(-c2nc(C)cs2)cc(NC2CCNCC2)/c1=C/N. The topological polar surface area (TPSA) is 63.0 Å². The molecule has 5 heteroatoms. The molecule has 1 aliphatic rings. The van der Waals surface area contributed by atoms with Crippen molar-refractivity contribution in [2.45, 2.75) is 25.8 Å². The number of piperidine rings is 1. The summed E-state index contributed by atoms with van der Waals surface area (Å²) >= 11 is 1.67. The van der Waals surface area contributed by atoms with Crippen molar-refractivity contribution >= 4 is 29.3 Å². The number of rotatable bonds is 4. The first kappa shape index (κ1) is 16.7. The molecule has 126 valence electrons. The molecule has 0 unspecified atom stereocenters. The fraction of sp³-hybridized carbons (Fsp3) is 0.316. The molecule has 4 nitrogen and oxygen atoms in total. The van der Waals surface area contributed by atoms with Crippen LogP contribution in [0, 0.1) is 6.92 Å². The van der Waals surface area contributed by atoms with Gasteiger partial charge in [0.15, 0.2) is 0 Å². The van der Waals surface area contributed by atoms with Crippen LogP contribution in [0.4, 0.5) is 5.69 Å². The maximum atomic E-state index is 5.94. The van der Waals surface area contributed by atoms with E-state index < -0.39 is 0 Å². The molecule has 2 aromatic rings.